The number of hydrogen-bond acceptors (Lipinski definition) is 1. The fourth-order valence-electron chi connectivity index (χ4n) is 1.68. The van der Waals surface area contributed by atoms with E-state index < -0.39 is 0 Å². The smallest absolute Gasteiger partial charge is 0.220 e. The second-order valence-electron chi connectivity index (χ2n) is 3.62. The molecule has 0 spiro atoms. The summed E-state index contributed by atoms with van der Waals surface area (Å²) in [6.07, 6.45) is 0.642. The van der Waals surface area contributed by atoms with Crippen LogP contribution < -0.4 is 5.32 Å². The third kappa shape index (κ3) is 1.72. The molecular weight excluding hydrogens is 162 g/mol. The molecule has 1 aliphatic heterocycles. The molecule has 13 heavy (non-hydrogen) atoms. The zero-order valence-electron chi connectivity index (χ0n) is 7.71. The van der Waals surface area contributed by atoms with Crippen molar-refractivity contribution < 1.29 is 4.79 Å². The summed E-state index contributed by atoms with van der Waals surface area (Å²) in [6.45, 7) is 2.86. The Kier molecular flexibility index (Phi) is 2.05. The van der Waals surface area contributed by atoms with Crippen molar-refractivity contribution in [2.75, 3.05) is 6.54 Å². The van der Waals surface area contributed by atoms with Gasteiger partial charge in [-0.25, -0.2) is 0 Å². The number of carbonyl (C=O) groups is 1. The molecule has 1 fully saturated rings. The highest BCUT2D eigenvalue weighted by Gasteiger charge is 2.22. The Bertz CT molecular complexity index is 315. The molecule has 1 amide bonds. The zero-order chi connectivity index (χ0) is 9.26. The third-order valence-electron chi connectivity index (χ3n) is 2.53. The van der Waals surface area contributed by atoms with Crippen LogP contribution >= 0.6 is 0 Å². The first-order chi connectivity index (χ1) is 6.25. The van der Waals surface area contributed by atoms with Crippen molar-refractivity contribution in [3.63, 3.8) is 0 Å². The predicted molar refractivity (Wildman–Crippen MR) is 51.5 cm³/mol. The summed E-state index contributed by atoms with van der Waals surface area (Å²) in [5.74, 6) is 0.554. The Labute approximate surface area is 78.0 Å². The van der Waals surface area contributed by atoms with Crippen LogP contribution in [0.4, 0.5) is 0 Å². The average molecular weight is 175 g/mol. The van der Waals surface area contributed by atoms with Gasteiger partial charge in [0.15, 0.2) is 0 Å². The Morgan fingerprint density at radius 1 is 1.31 bits per heavy atom. The lowest BCUT2D eigenvalue weighted by atomic mass is 9.97. The van der Waals surface area contributed by atoms with E-state index in [0.717, 1.165) is 6.54 Å². The van der Waals surface area contributed by atoms with Crippen LogP contribution in [0.25, 0.3) is 0 Å². The molecule has 1 atom stereocenters. The van der Waals surface area contributed by atoms with Crippen LogP contribution in [0, 0.1) is 6.92 Å². The minimum Gasteiger partial charge on any atom is -0.355 e. The summed E-state index contributed by atoms with van der Waals surface area (Å²) in [7, 11) is 0. The van der Waals surface area contributed by atoms with Gasteiger partial charge in [-0.1, -0.05) is 29.8 Å². The minimum absolute atomic E-state index is 0.172. The Balaban J connectivity index is 2.17. The molecule has 0 radical (unpaired) electrons. The minimum atomic E-state index is 0.172. The zero-order valence-corrected chi connectivity index (χ0v) is 7.71. The molecule has 0 aromatic heterocycles. The fourth-order valence-corrected chi connectivity index (χ4v) is 1.68. The number of amides is 1. The Morgan fingerprint density at radius 3 is 2.54 bits per heavy atom. The van der Waals surface area contributed by atoms with Crippen LogP contribution in [0.2, 0.25) is 0 Å². The Hall–Kier alpha value is -1.31. The molecule has 0 bridgehead atoms. The number of benzene rings is 1. The molecule has 0 unspecified atom stereocenters. The van der Waals surface area contributed by atoms with Gasteiger partial charge >= 0.3 is 0 Å². The van der Waals surface area contributed by atoms with E-state index in [1.165, 1.54) is 11.1 Å². The lowest BCUT2D eigenvalue weighted by molar-refractivity contribution is -0.119. The Morgan fingerprint density at radius 2 is 2.00 bits per heavy atom. The van der Waals surface area contributed by atoms with Gasteiger partial charge in [-0.3, -0.25) is 4.79 Å². The fraction of sp³-hybridized carbons (Fsp3) is 0.364. The van der Waals surface area contributed by atoms with Crippen LogP contribution in [0.15, 0.2) is 24.3 Å². The standard InChI is InChI=1S/C11H13NO/c1-8-2-4-9(5-3-8)10-6-11(13)12-7-10/h2-5,10H,6-7H2,1H3,(H,12,13)/t10-/m1/s1. The lowest BCUT2D eigenvalue weighted by Gasteiger charge is -2.06. The van der Waals surface area contributed by atoms with Crippen molar-refractivity contribution in [2.24, 2.45) is 0 Å². The molecule has 2 heteroatoms. The molecule has 0 aliphatic carbocycles. The van der Waals surface area contributed by atoms with Gasteiger partial charge < -0.3 is 5.32 Å². The maximum absolute atomic E-state index is 11.0. The molecule has 1 aromatic rings. The van der Waals surface area contributed by atoms with Gasteiger partial charge in [0.25, 0.3) is 0 Å². The average Bonchev–Trinajstić information content (AvgIpc) is 2.53. The highest BCUT2D eigenvalue weighted by Crippen LogP contribution is 2.22. The van der Waals surface area contributed by atoms with Crippen LogP contribution in [-0.2, 0) is 4.79 Å². The molecule has 1 aromatic carbocycles. The highest BCUT2D eigenvalue weighted by atomic mass is 16.1. The van der Waals surface area contributed by atoms with Crippen LogP contribution in [0.1, 0.15) is 23.5 Å². The topological polar surface area (TPSA) is 29.1 Å². The van der Waals surface area contributed by atoms with Crippen LogP contribution in [0.5, 0.6) is 0 Å². The van der Waals surface area contributed by atoms with E-state index in [0.29, 0.717) is 12.3 Å². The molecule has 1 saturated heterocycles. The van der Waals surface area contributed by atoms with Crippen molar-refractivity contribution in [1.82, 2.24) is 5.32 Å². The number of aryl methyl sites for hydroxylation is 1. The summed E-state index contributed by atoms with van der Waals surface area (Å²) in [5, 5.41) is 2.84. The molecule has 0 saturated carbocycles. The van der Waals surface area contributed by atoms with E-state index in [-0.39, 0.29) is 5.91 Å². The van der Waals surface area contributed by atoms with E-state index in [1.54, 1.807) is 0 Å². The summed E-state index contributed by atoms with van der Waals surface area (Å²) in [6, 6.07) is 8.41. The maximum Gasteiger partial charge on any atom is 0.220 e. The van der Waals surface area contributed by atoms with Crippen molar-refractivity contribution >= 4 is 5.91 Å². The quantitative estimate of drug-likeness (QED) is 0.690. The van der Waals surface area contributed by atoms with Gasteiger partial charge in [0.05, 0.1) is 0 Å². The van der Waals surface area contributed by atoms with Crippen LogP contribution in [-0.4, -0.2) is 12.5 Å². The summed E-state index contributed by atoms with van der Waals surface area (Å²) in [4.78, 5) is 11.0. The molecule has 68 valence electrons. The van der Waals surface area contributed by atoms with E-state index in [1.807, 2.05) is 0 Å². The predicted octanol–water partition coefficient (Wildman–Crippen LogP) is 1.60. The van der Waals surface area contributed by atoms with Crippen molar-refractivity contribution in [3.8, 4) is 0 Å². The summed E-state index contributed by atoms with van der Waals surface area (Å²) >= 11 is 0. The van der Waals surface area contributed by atoms with E-state index in [4.69, 9.17) is 0 Å². The molecule has 1 aliphatic rings. The summed E-state index contributed by atoms with van der Waals surface area (Å²) < 4.78 is 0. The van der Waals surface area contributed by atoms with Gasteiger partial charge in [0.2, 0.25) is 5.91 Å². The molecular formula is C11H13NO. The van der Waals surface area contributed by atoms with Gasteiger partial charge in [0, 0.05) is 18.9 Å². The van der Waals surface area contributed by atoms with Crippen molar-refractivity contribution in [1.29, 1.82) is 0 Å². The van der Waals surface area contributed by atoms with E-state index >= 15 is 0 Å². The van der Waals surface area contributed by atoms with Gasteiger partial charge in [0.1, 0.15) is 0 Å². The first-order valence-electron chi connectivity index (χ1n) is 4.59. The largest absolute Gasteiger partial charge is 0.355 e. The van der Waals surface area contributed by atoms with Gasteiger partial charge in [-0.2, -0.15) is 0 Å². The second-order valence-corrected chi connectivity index (χ2v) is 3.62. The lowest BCUT2D eigenvalue weighted by Crippen LogP contribution is -2.13. The van der Waals surface area contributed by atoms with Crippen molar-refractivity contribution in [2.45, 2.75) is 19.3 Å². The molecule has 2 rings (SSSR count). The first kappa shape index (κ1) is 8.30. The number of carbonyl (C=O) groups excluding carboxylic acids is 1. The van der Waals surface area contributed by atoms with E-state index in [9.17, 15) is 4.79 Å². The third-order valence-corrected chi connectivity index (χ3v) is 2.53. The maximum atomic E-state index is 11.0. The second kappa shape index (κ2) is 3.21. The number of hydrogen-bond donors (Lipinski definition) is 1. The highest BCUT2D eigenvalue weighted by molar-refractivity contribution is 5.79. The SMILES string of the molecule is Cc1ccc([C@H]2CNC(=O)C2)cc1. The monoisotopic (exact) mass is 175 g/mol. The van der Waals surface area contributed by atoms with Gasteiger partial charge in [-0.15, -0.1) is 0 Å². The molecule has 1 N–H and O–H groups in total. The van der Waals surface area contributed by atoms with Crippen LogP contribution in [0.3, 0.4) is 0 Å². The number of rotatable bonds is 1. The van der Waals surface area contributed by atoms with E-state index in [2.05, 4.69) is 36.5 Å². The normalized spacial score (nSPS) is 21.6. The van der Waals surface area contributed by atoms with Gasteiger partial charge in [-0.05, 0) is 12.5 Å². The molecule has 2 nitrogen and oxygen atoms in total. The number of nitrogens with one attached hydrogen (secondary N) is 1. The molecule has 1 heterocycles. The summed E-state index contributed by atoms with van der Waals surface area (Å²) in [5.41, 5.74) is 2.53. The first-order valence-corrected chi connectivity index (χ1v) is 4.59. The van der Waals surface area contributed by atoms with Crippen molar-refractivity contribution in [3.05, 3.63) is 35.4 Å².